The lowest BCUT2D eigenvalue weighted by atomic mass is 10.2. The molecule has 0 spiro atoms. The first-order valence-electron chi connectivity index (χ1n) is 7.66. The van der Waals surface area contributed by atoms with Crippen molar-refractivity contribution in [1.82, 2.24) is 20.1 Å². The van der Waals surface area contributed by atoms with Crippen molar-refractivity contribution >= 4 is 0 Å². The molecule has 0 aliphatic carbocycles. The number of rotatable bonds is 6. The summed E-state index contributed by atoms with van der Waals surface area (Å²) in [7, 11) is 1.66. The SMILES string of the molecule is COc1ccc(OCCN2CCC[C@@H]2c2n[nH]c(C)n2)cc1. The zero-order valence-corrected chi connectivity index (χ0v) is 13.1. The third-order valence-corrected chi connectivity index (χ3v) is 3.98. The average Bonchev–Trinajstić information content (AvgIpc) is 3.16. The van der Waals surface area contributed by atoms with Crippen LogP contribution in [0, 0.1) is 6.92 Å². The Kier molecular flexibility index (Phi) is 4.58. The van der Waals surface area contributed by atoms with Crippen molar-refractivity contribution in [2.45, 2.75) is 25.8 Å². The average molecular weight is 302 g/mol. The maximum Gasteiger partial charge on any atom is 0.167 e. The summed E-state index contributed by atoms with van der Waals surface area (Å²) in [5.41, 5.74) is 0. The molecule has 6 heteroatoms. The Bertz CT molecular complexity index is 596. The molecule has 1 fully saturated rings. The van der Waals surface area contributed by atoms with Crippen LogP contribution in [0.4, 0.5) is 0 Å². The number of H-pyrrole nitrogens is 1. The molecule has 0 bridgehead atoms. The van der Waals surface area contributed by atoms with E-state index in [0.29, 0.717) is 12.6 Å². The van der Waals surface area contributed by atoms with Crippen molar-refractivity contribution in [2.75, 3.05) is 26.8 Å². The number of likely N-dealkylation sites (tertiary alicyclic amines) is 1. The minimum absolute atomic E-state index is 0.310. The van der Waals surface area contributed by atoms with E-state index in [9.17, 15) is 0 Å². The van der Waals surface area contributed by atoms with Gasteiger partial charge >= 0.3 is 0 Å². The summed E-state index contributed by atoms with van der Waals surface area (Å²) in [5.74, 6) is 3.48. The van der Waals surface area contributed by atoms with Crippen molar-refractivity contribution < 1.29 is 9.47 Å². The summed E-state index contributed by atoms with van der Waals surface area (Å²) in [6.07, 6.45) is 2.29. The molecule has 22 heavy (non-hydrogen) atoms. The highest BCUT2D eigenvalue weighted by atomic mass is 16.5. The number of aromatic amines is 1. The lowest BCUT2D eigenvalue weighted by Crippen LogP contribution is -2.28. The minimum Gasteiger partial charge on any atom is -0.497 e. The predicted molar refractivity (Wildman–Crippen MR) is 83.2 cm³/mol. The minimum atomic E-state index is 0.310. The van der Waals surface area contributed by atoms with Gasteiger partial charge in [-0.15, -0.1) is 0 Å². The highest BCUT2D eigenvalue weighted by molar-refractivity contribution is 5.31. The van der Waals surface area contributed by atoms with E-state index in [0.717, 1.165) is 42.7 Å². The van der Waals surface area contributed by atoms with Gasteiger partial charge in [0, 0.05) is 6.54 Å². The van der Waals surface area contributed by atoms with Crippen LogP contribution in [0.25, 0.3) is 0 Å². The molecule has 1 atom stereocenters. The van der Waals surface area contributed by atoms with E-state index in [1.54, 1.807) is 7.11 Å². The van der Waals surface area contributed by atoms with E-state index in [4.69, 9.17) is 9.47 Å². The van der Waals surface area contributed by atoms with Gasteiger partial charge in [0.1, 0.15) is 23.9 Å². The Morgan fingerprint density at radius 1 is 1.27 bits per heavy atom. The number of aromatic nitrogens is 3. The fourth-order valence-corrected chi connectivity index (χ4v) is 2.85. The second-order valence-corrected chi connectivity index (χ2v) is 5.50. The van der Waals surface area contributed by atoms with Crippen molar-refractivity contribution in [3.63, 3.8) is 0 Å². The fraction of sp³-hybridized carbons (Fsp3) is 0.500. The van der Waals surface area contributed by atoms with E-state index < -0.39 is 0 Å². The van der Waals surface area contributed by atoms with Gasteiger partial charge in [0.25, 0.3) is 0 Å². The van der Waals surface area contributed by atoms with E-state index in [-0.39, 0.29) is 0 Å². The number of aryl methyl sites for hydroxylation is 1. The monoisotopic (exact) mass is 302 g/mol. The molecule has 1 aliphatic rings. The smallest absolute Gasteiger partial charge is 0.167 e. The molecule has 0 unspecified atom stereocenters. The first-order chi connectivity index (χ1) is 10.8. The van der Waals surface area contributed by atoms with Crippen LogP contribution in [-0.4, -0.2) is 46.9 Å². The topological polar surface area (TPSA) is 63.3 Å². The maximum atomic E-state index is 5.81. The van der Waals surface area contributed by atoms with E-state index in [2.05, 4.69) is 20.1 Å². The third kappa shape index (κ3) is 3.39. The predicted octanol–water partition coefficient (Wildman–Crippen LogP) is 2.34. The highest BCUT2D eigenvalue weighted by Crippen LogP contribution is 2.29. The molecule has 118 valence electrons. The van der Waals surface area contributed by atoms with Crippen LogP contribution in [0.1, 0.15) is 30.5 Å². The molecule has 1 aromatic carbocycles. The van der Waals surface area contributed by atoms with Crippen LogP contribution in [0.2, 0.25) is 0 Å². The third-order valence-electron chi connectivity index (χ3n) is 3.98. The summed E-state index contributed by atoms with van der Waals surface area (Å²) >= 11 is 0. The van der Waals surface area contributed by atoms with E-state index in [1.807, 2.05) is 31.2 Å². The molecule has 1 N–H and O–H groups in total. The molecule has 0 amide bonds. The zero-order chi connectivity index (χ0) is 15.4. The summed E-state index contributed by atoms with van der Waals surface area (Å²) in [6, 6.07) is 7.98. The highest BCUT2D eigenvalue weighted by Gasteiger charge is 2.28. The Morgan fingerprint density at radius 2 is 2.05 bits per heavy atom. The standard InChI is InChI=1S/C16H22N4O2/c1-12-17-16(19-18-12)15-4-3-9-20(15)10-11-22-14-7-5-13(21-2)6-8-14/h5-8,15H,3-4,9-11H2,1-2H3,(H,17,18,19)/t15-/m1/s1. The lowest BCUT2D eigenvalue weighted by molar-refractivity contribution is 0.193. The van der Waals surface area contributed by atoms with Crippen LogP contribution in [0.3, 0.4) is 0 Å². The maximum absolute atomic E-state index is 5.81. The molecule has 6 nitrogen and oxygen atoms in total. The summed E-state index contributed by atoms with van der Waals surface area (Å²) in [5, 5.41) is 7.23. The van der Waals surface area contributed by atoms with Crippen LogP contribution in [0.15, 0.2) is 24.3 Å². The molecule has 3 rings (SSSR count). The van der Waals surface area contributed by atoms with Gasteiger partial charge in [-0.05, 0) is 50.6 Å². The molecule has 0 saturated carbocycles. The van der Waals surface area contributed by atoms with Crippen LogP contribution < -0.4 is 9.47 Å². The lowest BCUT2D eigenvalue weighted by Gasteiger charge is -2.22. The number of methoxy groups -OCH3 is 1. The molecule has 1 saturated heterocycles. The Labute approximate surface area is 130 Å². The summed E-state index contributed by atoms with van der Waals surface area (Å²) in [6.45, 7) is 4.54. The van der Waals surface area contributed by atoms with Crippen molar-refractivity contribution in [2.24, 2.45) is 0 Å². The Morgan fingerprint density at radius 3 is 2.73 bits per heavy atom. The fourth-order valence-electron chi connectivity index (χ4n) is 2.85. The van der Waals surface area contributed by atoms with E-state index >= 15 is 0 Å². The molecule has 0 radical (unpaired) electrons. The number of ether oxygens (including phenoxy) is 2. The Hall–Kier alpha value is -2.08. The molecular weight excluding hydrogens is 280 g/mol. The summed E-state index contributed by atoms with van der Waals surface area (Å²) in [4.78, 5) is 6.86. The normalized spacial score (nSPS) is 18.5. The summed E-state index contributed by atoms with van der Waals surface area (Å²) < 4.78 is 11.0. The number of benzene rings is 1. The van der Waals surface area contributed by atoms with Gasteiger partial charge in [-0.3, -0.25) is 10.00 Å². The number of hydrogen-bond acceptors (Lipinski definition) is 5. The first kappa shape index (κ1) is 14.8. The molecular formula is C16H22N4O2. The van der Waals surface area contributed by atoms with Gasteiger partial charge in [-0.25, -0.2) is 4.98 Å². The van der Waals surface area contributed by atoms with Gasteiger partial charge < -0.3 is 9.47 Å². The zero-order valence-electron chi connectivity index (χ0n) is 13.1. The van der Waals surface area contributed by atoms with Gasteiger partial charge in [0.05, 0.1) is 13.2 Å². The van der Waals surface area contributed by atoms with Gasteiger partial charge in [0.15, 0.2) is 5.82 Å². The number of hydrogen-bond donors (Lipinski definition) is 1. The largest absolute Gasteiger partial charge is 0.497 e. The second-order valence-electron chi connectivity index (χ2n) is 5.50. The van der Waals surface area contributed by atoms with Gasteiger partial charge in [-0.2, -0.15) is 5.10 Å². The molecule has 2 heterocycles. The van der Waals surface area contributed by atoms with Crippen molar-refractivity contribution in [3.05, 3.63) is 35.9 Å². The molecule has 1 aliphatic heterocycles. The van der Waals surface area contributed by atoms with Crippen molar-refractivity contribution in [3.8, 4) is 11.5 Å². The molecule has 2 aromatic rings. The quantitative estimate of drug-likeness (QED) is 0.887. The van der Waals surface area contributed by atoms with Crippen LogP contribution >= 0.6 is 0 Å². The van der Waals surface area contributed by atoms with E-state index in [1.165, 1.54) is 6.42 Å². The van der Waals surface area contributed by atoms with Gasteiger partial charge in [-0.1, -0.05) is 0 Å². The van der Waals surface area contributed by atoms with Crippen molar-refractivity contribution in [1.29, 1.82) is 0 Å². The Balaban J connectivity index is 1.51. The van der Waals surface area contributed by atoms with Gasteiger partial charge in [0.2, 0.25) is 0 Å². The molecule has 1 aromatic heterocycles. The second kappa shape index (κ2) is 6.79. The first-order valence-corrected chi connectivity index (χ1v) is 7.66. The van der Waals surface area contributed by atoms with Crippen LogP contribution in [-0.2, 0) is 0 Å². The number of nitrogens with one attached hydrogen (secondary N) is 1. The number of nitrogens with zero attached hydrogens (tertiary/aromatic N) is 3. The van der Waals surface area contributed by atoms with Crippen LogP contribution in [0.5, 0.6) is 11.5 Å².